The monoisotopic (exact) mass is 339 g/mol. The van der Waals surface area contributed by atoms with Crippen LogP contribution >= 0.6 is 11.6 Å². The van der Waals surface area contributed by atoms with Crippen molar-refractivity contribution >= 4 is 23.6 Å². The Labute approximate surface area is 143 Å². The molecule has 0 spiro atoms. The first-order valence-electron chi connectivity index (χ1n) is 7.25. The normalized spacial score (nSPS) is 11.0. The van der Waals surface area contributed by atoms with E-state index in [0.717, 1.165) is 16.7 Å². The lowest BCUT2D eigenvalue weighted by Crippen LogP contribution is -2.04. The van der Waals surface area contributed by atoms with Gasteiger partial charge in [0.25, 0.3) is 5.89 Å². The van der Waals surface area contributed by atoms with E-state index < -0.39 is 5.91 Å². The van der Waals surface area contributed by atoms with Crippen LogP contribution in [0.25, 0.3) is 17.5 Å². The van der Waals surface area contributed by atoms with Gasteiger partial charge in [0.1, 0.15) is 0 Å². The van der Waals surface area contributed by atoms with Crippen molar-refractivity contribution in [1.82, 2.24) is 10.1 Å². The highest BCUT2D eigenvalue weighted by Crippen LogP contribution is 2.20. The first-order chi connectivity index (χ1) is 11.6. The third-order valence-corrected chi connectivity index (χ3v) is 3.55. The smallest absolute Gasteiger partial charge is 0.257 e. The van der Waals surface area contributed by atoms with Crippen LogP contribution in [-0.2, 0) is 11.2 Å². The largest absolute Gasteiger partial charge is 0.366 e. The summed E-state index contributed by atoms with van der Waals surface area (Å²) in [6.07, 6.45) is 3.50. The van der Waals surface area contributed by atoms with Gasteiger partial charge in [-0.05, 0) is 41.5 Å². The van der Waals surface area contributed by atoms with Gasteiger partial charge in [0, 0.05) is 23.1 Å². The third kappa shape index (κ3) is 4.08. The van der Waals surface area contributed by atoms with Gasteiger partial charge >= 0.3 is 0 Å². The van der Waals surface area contributed by atoms with Crippen LogP contribution in [0.4, 0.5) is 0 Å². The fraction of sp³-hybridized carbons (Fsp3) is 0.0556. The van der Waals surface area contributed by atoms with Gasteiger partial charge in [-0.1, -0.05) is 41.0 Å². The van der Waals surface area contributed by atoms with Crippen molar-refractivity contribution in [3.05, 3.63) is 76.6 Å². The lowest BCUT2D eigenvalue weighted by Gasteiger charge is -1.97. The van der Waals surface area contributed by atoms with Crippen molar-refractivity contribution in [2.45, 2.75) is 6.42 Å². The number of nitrogens with two attached hydrogens (primary N) is 1. The second-order valence-electron chi connectivity index (χ2n) is 5.18. The number of halogens is 1. The number of aromatic nitrogens is 2. The van der Waals surface area contributed by atoms with E-state index in [1.54, 1.807) is 6.08 Å². The predicted octanol–water partition coefficient (Wildman–Crippen LogP) is 3.48. The molecule has 1 amide bonds. The maximum absolute atomic E-state index is 10.7. The molecule has 2 aromatic carbocycles. The zero-order valence-corrected chi connectivity index (χ0v) is 13.4. The average Bonchev–Trinajstić information content (AvgIpc) is 3.02. The maximum atomic E-state index is 10.7. The third-order valence-electron chi connectivity index (χ3n) is 3.32. The Morgan fingerprint density at radius 3 is 2.71 bits per heavy atom. The SMILES string of the molecule is NC(=O)/C=C/c1ccc(-c2nc(Cc3cccc(Cl)c3)no2)cc1. The standard InChI is InChI=1S/C18H14ClN3O2/c19-15-3-1-2-13(10-15)11-17-21-18(24-22-17)14-7-4-12(5-8-14)6-9-16(20)23/h1-10H,11H2,(H2,20,23)/b9-6+. The topological polar surface area (TPSA) is 82.0 Å². The van der Waals surface area contributed by atoms with Crippen molar-refractivity contribution in [3.63, 3.8) is 0 Å². The summed E-state index contributed by atoms with van der Waals surface area (Å²) in [5.41, 5.74) is 7.74. The number of hydrogen-bond acceptors (Lipinski definition) is 4. The van der Waals surface area contributed by atoms with Gasteiger partial charge in [0.2, 0.25) is 5.91 Å². The molecule has 3 rings (SSSR count). The molecule has 3 aromatic rings. The molecule has 1 heterocycles. The Morgan fingerprint density at radius 2 is 2.00 bits per heavy atom. The molecule has 120 valence electrons. The van der Waals surface area contributed by atoms with E-state index in [-0.39, 0.29) is 0 Å². The van der Waals surface area contributed by atoms with E-state index in [2.05, 4.69) is 10.1 Å². The van der Waals surface area contributed by atoms with Gasteiger partial charge in [-0.3, -0.25) is 4.79 Å². The Hall–Kier alpha value is -2.92. The van der Waals surface area contributed by atoms with Gasteiger partial charge in [-0.2, -0.15) is 4.98 Å². The Morgan fingerprint density at radius 1 is 1.21 bits per heavy atom. The second kappa shape index (κ2) is 7.10. The molecule has 0 aliphatic heterocycles. The molecule has 2 N–H and O–H groups in total. The number of nitrogens with zero attached hydrogens (tertiary/aromatic N) is 2. The number of benzene rings is 2. The van der Waals surface area contributed by atoms with Crippen LogP contribution in [0.5, 0.6) is 0 Å². The summed E-state index contributed by atoms with van der Waals surface area (Å²) < 4.78 is 5.30. The lowest BCUT2D eigenvalue weighted by atomic mass is 10.1. The van der Waals surface area contributed by atoms with Crippen molar-refractivity contribution in [1.29, 1.82) is 0 Å². The molecular weight excluding hydrogens is 326 g/mol. The fourth-order valence-corrected chi connectivity index (χ4v) is 2.40. The van der Waals surface area contributed by atoms with Crippen LogP contribution in [0.2, 0.25) is 5.02 Å². The molecule has 0 bridgehead atoms. The Kier molecular flexibility index (Phi) is 4.72. The fourth-order valence-electron chi connectivity index (χ4n) is 2.19. The van der Waals surface area contributed by atoms with Gasteiger partial charge in [-0.15, -0.1) is 0 Å². The van der Waals surface area contributed by atoms with Crippen LogP contribution in [0.15, 0.2) is 59.1 Å². The molecule has 0 aliphatic rings. The first-order valence-corrected chi connectivity index (χ1v) is 7.63. The summed E-state index contributed by atoms with van der Waals surface area (Å²) in [6, 6.07) is 14.9. The molecule has 0 fully saturated rings. The molecule has 1 aromatic heterocycles. The maximum Gasteiger partial charge on any atom is 0.257 e. The summed E-state index contributed by atoms with van der Waals surface area (Å²) in [7, 11) is 0. The molecule has 0 aliphatic carbocycles. The first kappa shape index (κ1) is 16.0. The zero-order chi connectivity index (χ0) is 16.9. The molecular formula is C18H14ClN3O2. The quantitative estimate of drug-likeness (QED) is 0.721. The van der Waals surface area contributed by atoms with Gasteiger partial charge in [0.15, 0.2) is 5.82 Å². The predicted molar refractivity (Wildman–Crippen MR) is 92.2 cm³/mol. The molecule has 0 unspecified atom stereocenters. The van der Waals surface area contributed by atoms with Crippen LogP contribution in [0.3, 0.4) is 0 Å². The molecule has 0 saturated carbocycles. The number of amides is 1. The van der Waals surface area contributed by atoms with E-state index in [9.17, 15) is 4.79 Å². The summed E-state index contributed by atoms with van der Waals surface area (Å²) in [6.45, 7) is 0. The minimum atomic E-state index is -0.485. The number of rotatable bonds is 5. The van der Waals surface area contributed by atoms with Gasteiger partial charge in [0.05, 0.1) is 0 Å². The molecule has 0 radical (unpaired) electrons. The lowest BCUT2D eigenvalue weighted by molar-refractivity contribution is -0.113. The summed E-state index contributed by atoms with van der Waals surface area (Å²) in [5, 5.41) is 4.67. The Balaban J connectivity index is 1.74. The minimum Gasteiger partial charge on any atom is -0.366 e. The van der Waals surface area contributed by atoms with Crippen LogP contribution in [0, 0.1) is 0 Å². The zero-order valence-electron chi connectivity index (χ0n) is 12.6. The minimum absolute atomic E-state index is 0.442. The van der Waals surface area contributed by atoms with E-state index in [1.165, 1.54) is 6.08 Å². The summed E-state index contributed by atoms with van der Waals surface area (Å²) in [5.74, 6) is 0.545. The number of hydrogen-bond donors (Lipinski definition) is 1. The highest BCUT2D eigenvalue weighted by atomic mass is 35.5. The van der Waals surface area contributed by atoms with Crippen molar-refractivity contribution in [2.75, 3.05) is 0 Å². The number of primary amides is 1. The van der Waals surface area contributed by atoms with Crippen LogP contribution in [-0.4, -0.2) is 16.0 Å². The van der Waals surface area contributed by atoms with Crippen molar-refractivity contribution in [2.24, 2.45) is 5.73 Å². The average molecular weight is 340 g/mol. The van der Waals surface area contributed by atoms with E-state index in [0.29, 0.717) is 23.2 Å². The van der Waals surface area contributed by atoms with Crippen molar-refractivity contribution in [3.8, 4) is 11.5 Å². The molecule has 6 heteroatoms. The summed E-state index contributed by atoms with van der Waals surface area (Å²) >= 11 is 5.97. The molecule has 0 saturated heterocycles. The van der Waals surface area contributed by atoms with Crippen LogP contribution in [0.1, 0.15) is 17.0 Å². The second-order valence-corrected chi connectivity index (χ2v) is 5.62. The van der Waals surface area contributed by atoms with E-state index in [1.807, 2.05) is 48.5 Å². The molecule has 0 atom stereocenters. The highest BCUT2D eigenvalue weighted by molar-refractivity contribution is 6.30. The number of carbonyl (C=O) groups is 1. The van der Waals surface area contributed by atoms with Crippen LogP contribution < -0.4 is 5.73 Å². The van der Waals surface area contributed by atoms with Gasteiger partial charge < -0.3 is 10.3 Å². The molecule has 24 heavy (non-hydrogen) atoms. The molecule has 5 nitrogen and oxygen atoms in total. The Bertz CT molecular complexity index is 885. The summed E-state index contributed by atoms with van der Waals surface area (Å²) in [4.78, 5) is 15.1. The highest BCUT2D eigenvalue weighted by Gasteiger charge is 2.09. The number of carbonyl (C=O) groups excluding carboxylic acids is 1. The van der Waals surface area contributed by atoms with E-state index >= 15 is 0 Å². The van der Waals surface area contributed by atoms with E-state index in [4.69, 9.17) is 21.9 Å². The van der Waals surface area contributed by atoms with Gasteiger partial charge in [-0.25, -0.2) is 0 Å². The van der Waals surface area contributed by atoms with Crippen molar-refractivity contribution < 1.29 is 9.32 Å².